The van der Waals surface area contributed by atoms with E-state index < -0.39 is 7.82 Å². The van der Waals surface area contributed by atoms with Crippen LogP contribution in [0.3, 0.4) is 0 Å². The molecule has 2 N–H and O–H groups in total. The maximum Gasteiger partial charge on any atom is 0.469 e. The van der Waals surface area contributed by atoms with Gasteiger partial charge in [0, 0.05) is 5.92 Å². The highest BCUT2D eigenvalue weighted by Gasteiger charge is 2.21. The van der Waals surface area contributed by atoms with E-state index in [0.29, 0.717) is 11.8 Å². The van der Waals surface area contributed by atoms with E-state index in [1.165, 1.54) is 11.1 Å². The number of rotatable bonds is 7. The van der Waals surface area contributed by atoms with Crippen LogP contribution in [0, 0.1) is 0 Å². The lowest BCUT2D eigenvalue weighted by Crippen LogP contribution is -2.09. The van der Waals surface area contributed by atoms with Crippen LogP contribution in [-0.2, 0) is 9.09 Å². The fourth-order valence-corrected chi connectivity index (χ4v) is 3.13. The summed E-state index contributed by atoms with van der Waals surface area (Å²) in [6.07, 6.45) is 0. The lowest BCUT2D eigenvalue weighted by atomic mass is 9.89. The van der Waals surface area contributed by atoms with Crippen LogP contribution >= 0.6 is 7.82 Å². The molecule has 0 radical (unpaired) electrons. The Morgan fingerprint density at radius 3 is 1.36 bits per heavy atom. The number of benzene rings is 2. The van der Waals surface area contributed by atoms with Crippen molar-refractivity contribution < 1.29 is 18.9 Å². The Labute approximate surface area is 150 Å². The molecule has 0 fully saturated rings. The van der Waals surface area contributed by atoms with E-state index in [9.17, 15) is 4.57 Å². The normalized spacial score (nSPS) is 12.4. The van der Waals surface area contributed by atoms with Gasteiger partial charge in [-0.1, -0.05) is 76.2 Å². The standard InChI is InChI=1S/C20H27O4P/c1-14(2)16-5-9-18(10-6-16)20(13-24-25(21,22)23)19-11-7-17(8-12-19)15(3)4/h5-12,14-15,20H,13H2,1-4H3,(H2,21,22,23). The maximum absolute atomic E-state index is 11.2. The van der Waals surface area contributed by atoms with Crippen molar-refractivity contribution >= 4 is 7.82 Å². The lowest BCUT2D eigenvalue weighted by molar-refractivity contribution is 0.191. The van der Waals surface area contributed by atoms with Crippen molar-refractivity contribution in [1.82, 2.24) is 0 Å². The van der Waals surface area contributed by atoms with Crippen molar-refractivity contribution in [2.45, 2.75) is 45.4 Å². The fraction of sp³-hybridized carbons (Fsp3) is 0.400. The molecule has 0 spiro atoms. The summed E-state index contributed by atoms with van der Waals surface area (Å²) in [5, 5.41) is 0. The summed E-state index contributed by atoms with van der Waals surface area (Å²) in [4.78, 5) is 18.2. The van der Waals surface area contributed by atoms with Gasteiger partial charge in [-0.15, -0.1) is 0 Å². The topological polar surface area (TPSA) is 66.8 Å². The number of phosphoric ester groups is 1. The van der Waals surface area contributed by atoms with Gasteiger partial charge in [0.1, 0.15) is 0 Å². The highest BCUT2D eigenvalue weighted by atomic mass is 31.2. The summed E-state index contributed by atoms with van der Waals surface area (Å²) >= 11 is 0. The minimum atomic E-state index is -4.51. The van der Waals surface area contributed by atoms with Crippen molar-refractivity contribution in [3.63, 3.8) is 0 Å². The van der Waals surface area contributed by atoms with E-state index in [1.807, 2.05) is 24.3 Å². The van der Waals surface area contributed by atoms with E-state index in [2.05, 4.69) is 52.0 Å². The largest absolute Gasteiger partial charge is 0.469 e. The molecular formula is C20H27O4P. The van der Waals surface area contributed by atoms with Crippen LogP contribution in [0.4, 0.5) is 0 Å². The molecule has 4 nitrogen and oxygen atoms in total. The molecule has 0 heterocycles. The monoisotopic (exact) mass is 362 g/mol. The molecule has 2 rings (SSSR count). The number of hydrogen-bond acceptors (Lipinski definition) is 2. The van der Waals surface area contributed by atoms with Crippen molar-refractivity contribution in [1.29, 1.82) is 0 Å². The first-order valence-electron chi connectivity index (χ1n) is 8.57. The van der Waals surface area contributed by atoms with Crippen LogP contribution in [0.25, 0.3) is 0 Å². The van der Waals surface area contributed by atoms with Crippen molar-refractivity contribution in [2.24, 2.45) is 0 Å². The Kier molecular flexibility index (Phi) is 6.59. The Balaban J connectivity index is 2.33. The number of phosphoric acid groups is 1. The lowest BCUT2D eigenvalue weighted by Gasteiger charge is -2.20. The second-order valence-electron chi connectivity index (χ2n) is 6.98. The Morgan fingerprint density at radius 2 is 1.08 bits per heavy atom. The molecule has 0 bridgehead atoms. The first-order chi connectivity index (χ1) is 11.7. The predicted molar refractivity (Wildman–Crippen MR) is 101 cm³/mol. The molecule has 2 aromatic carbocycles. The van der Waals surface area contributed by atoms with Gasteiger partial charge in [-0.25, -0.2) is 4.57 Å². The molecule has 5 heteroatoms. The first-order valence-corrected chi connectivity index (χ1v) is 10.1. The van der Waals surface area contributed by atoms with Gasteiger partial charge in [-0.2, -0.15) is 0 Å². The zero-order chi connectivity index (χ0) is 18.6. The Bertz CT molecular complexity index is 663. The molecule has 0 aliphatic carbocycles. The molecule has 0 saturated heterocycles. The third-order valence-corrected chi connectivity index (χ3v) is 4.91. The Morgan fingerprint density at radius 1 is 0.760 bits per heavy atom. The second kappa shape index (κ2) is 8.29. The van der Waals surface area contributed by atoms with E-state index in [0.717, 1.165) is 11.1 Å². The smallest absolute Gasteiger partial charge is 0.303 e. The van der Waals surface area contributed by atoms with Gasteiger partial charge in [0.15, 0.2) is 0 Å². The quantitative estimate of drug-likeness (QED) is 0.667. The molecule has 0 aromatic heterocycles. The van der Waals surface area contributed by atoms with Crippen molar-refractivity contribution in [2.75, 3.05) is 6.61 Å². The molecule has 0 atom stereocenters. The third kappa shape index (κ3) is 5.79. The minimum absolute atomic E-state index is 0.0632. The molecule has 0 aliphatic rings. The molecule has 25 heavy (non-hydrogen) atoms. The van der Waals surface area contributed by atoms with Crippen LogP contribution in [0.5, 0.6) is 0 Å². The maximum atomic E-state index is 11.2. The summed E-state index contributed by atoms with van der Waals surface area (Å²) in [5.41, 5.74) is 4.42. The summed E-state index contributed by atoms with van der Waals surface area (Å²) in [6.45, 7) is 8.47. The van der Waals surface area contributed by atoms with E-state index >= 15 is 0 Å². The van der Waals surface area contributed by atoms with Gasteiger partial charge in [-0.3, -0.25) is 4.52 Å². The summed E-state index contributed by atoms with van der Waals surface area (Å²) in [7, 11) is -4.51. The zero-order valence-electron chi connectivity index (χ0n) is 15.2. The van der Waals surface area contributed by atoms with Crippen LogP contribution in [0.2, 0.25) is 0 Å². The summed E-state index contributed by atoms with van der Waals surface area (Å²) in [6, 6.07) is 16.3. The van der Waals surface area contributed by atoms with Gasteiger partial charge < -0.3 is 9.79 Å². The predicted octanol–water partition coefficient (Wildman–Crippen LogP) is 5.17. The zero-order valence-corrected chi connectivity index (χ0v) is 16.1. The SMILES string of the molecule is CC(C)c1ccc(C(COP(=O)(O)O)c2ccc(C(C)C)cc2)cc1. The second-order valence-corrected chi connectivity index (χ2v) is 8.22. The average molecular weight is 362 g/mol. The van der Waals surface area contributed by atoms with Gasteiger partial charge in [-0.05, 0) is 34.1 Å². The van der Waals surface area contributed by atoms with Crippen molar-refractivity contribution in [3.05, 3.63) is 70.8 Å². The van der Waals surface area contributed by atoms with Gasteiger partial charge in [0.05, 0.1) is 6.61 Å². The molecular weight excluding hydrogens is 335 g/mol. The van der Waals surface area contributed by atoms with Crippen LogP contribution < -0.4 is 0 Å². The molecule has 136 valence electrons. The molecule has 0 saturated carbocycles. The highest BCUT2D eigenvalue weighted by Crippen LogP contribution is 2.39. The van der Waals surface area contributed by atoms with Gasteiger partial charge in [0.25, 0.3) is 0 Å². The summed E-state index contributed by atoms with van der Waals surface area (Å²) in [5.74, 6) is 0.642. The van der Waals surface area contributed by atoms with E-state index in [-0.39, 0.29) is 12.5 Å². The highest BCUT2D eigenvalue weighted by molar-refractivity contribution is 7.46. The molecule has 2 aromatic rings. The third-order valence-electron chi connectivity index (χ3n) is 4.42. The summed E-state index contributed by atoms with van der Waals surface area (Å²) < 4.78 is 16.0. The van der Waals surface area contributed by atoms with Crippen molar-refractivity contribution in [3.8, 4) is 0 Å². The van der Waals surface area contributed by atoms with Crippen LogP contribution in [-0.4, -0.2) is 16.4 Å². The minimum Gasteiger partial charge on any atom is -0.303 e. The average Bonchev–Trinajstić information content (AvgIpc) is 2.55. The van der Waals surface area contributed by atoms with Gasteiger partial charge >= 0.3 is 7.82 Å². The van der Waals surface area contributed by atoms with E-state index in [4.69, 9.17) is 14.3 Å². The molecule has 0 unspecified atom stereocenters. The molecule has 0 amide bonds. The Hall–Kier alpha value is -1.45. The first kappa shape index (κ1) is 19.9. The number of hydrogen-bond donors (Lipinski definition) is 2. The fourth-order valence-electron chi connectivity index (χ4n) is 2.78. The van der Waals surface area contributed by atoms with E-state index in [1.54, 1.807) is 0 Å². The van der Waals surface area contributed by atoms with Gasteiger partial charge in [0.2, 0.25) is 0 Å². The molecule has 0 aliphatic heterocycles. The van der Waals surface area contributed by atoms with Crippen LogP contribution in [0.15, 0.2) is 48.5 Å². The van der Waals surface area contributed by atoms with Crippen LogP contribution in [0.1, 0.15) is 67.7 Å².